The molecule has 0 spiro atoms. The molecular formula is C8H9ClN4O. The number of nitrogens with zero attached hydrogens (tertiary/aromatic N) is 2. The first-order valence-electron chi connectivity index (χ1n) is 3.86. The first-order chi connectivity index (χ1) is 6.19. The van der Waals surface area contributed by atoms with Gasteiger partial charge in [0.2, 0.25) is 11.6 Å². The number of allylic oxidation sites excluding steroid dienone is 2. The molecule has 0 aliphatic heterocycles. The van der Waals surface area contributed by atoms with E-state index in [1.807, 2.05) is 0 Å². The molecule has 1 amide bonds. The average Bonchev–Trinajstić information content (AvgIpc) is 2.95. The molecule has 4 N–H and O–H groups in total. The largest absolute Gasteiger partial charge is 1.00 e. The van der Waals surface area contributed by atoms with Gasteiger partial charge >= 0.3 is 0 Å². The summed E-state index contributed by atoms with van der Waals surface area (Å²) in [5.74, 6) is -0.164. The lowest BCUT2D eigenvalue weighted by atomic mass is 10.3. The van der Waals surface area contributed by atoms with Crippen LogP contribution in [-0.2, 0) is 4.79 Å². The van der Waals surface area contributed by atoms with Crippen LogP contribution in [0.25, 0.3) is 0 Å². The van der Waals surface area contributed by atoms with Crippen LogP contribution in [0.3, 0.4) is 0 Å². The SMILES string of the molecule is N#C/C([NH3+])=C(\C#N)NC(=O)C1CC1.[Cl-]. The van der Waals surface area contributed by atoms with E-state index in [4.69, 9.17) is 10.5 Å². The Bertz CT molecular complexity index is 345. The van der Waals surface area contributed by atoms with Crippen molar-refractivity contribution >= 4 is 5.91 Å². The molecule has 0 radical (unpaired) electrons. The molecule has 0 saturated heterocycles. The van der Waals surface area contributed by atoms with E-state index in [0.717, 1.165) is 12.8 Å². The van der Waals surface area contributed by atoms with E-state index in [2.05, 4.69) is 11.1 Å². The third kappa shape index (κ3) is 3.06. The molecule has 1 fully saturated rings. The van der Waals surface area contributed by atoms with Crippen LogP contribution in [0.5, 0.6) is 0 Å². The van der Waals surface area contributed by atoms with Crippen molar-refractivity contribution < 1.29 is 22.9 Å². The molecule has 0 aromatic rings. The molecule has 0 unspecified atom stereocenters. The summed E-state index contributed by atoms with van der Waals surface area (Å²) in [6.45, 7) is 0. The van der Waals surface area contributed by atoms with E-state index < -0.39 is 0 Å². The summed E-state index contributed by atoms with van der Waals surface area (Å²) in [7, 11) is 0. The molecule has 14 heavy (non-hydrogen) atoms. The highest BCUT2D eigenvalue weighted by Crippen LogP contribution is 2.28. The molecule has 0 aromatic carbocycles. The summed E-state index contributed by atoms with van der Waals surface area (Å²) in [6, 6.07) is 3.44. The Kier molecular flexibility index (Phi) is 4.65. The smallest absolute Gasteiger partial charge is 0.240 e. The summed E-state index contributed by atoms with van der Waals surface area (Å²) in [5.41, 5.74) is 3.30. The fourth-order valence-electron chi connectivity index (χ4n) is 0.798. The summed E-state index contributed by atoms with van der Waals surface area (Å²) >= 11 is 0. The van der Waals surface area contributed by atoms with Crippen molar-refractivity contribution in [3.05, 3.63) is 11.4 Å². The normalized spacial score (nSPS) is 15.4. The van der Waals surface area contributed by atoms with Gasteiger partial charge in [-0.2, -0.15) is 10.5 Å². The predicted octanol–water partition coefficient (Wildman–Crippen LogP) is -3.98. The maximum absolute atomic E-state index is 11.2. The molecule has 74 valence electrons. The Balaban J connectivity index is 0.00000169. The number of halogens is 1. The van der Waals surface area contributed by atoms with Crippen LogP contribution < -0.4 is 23.5 Å². The van der Waals surface area contributed by atoms with Crippen LogP contribution in [0.15, 0.2) is 11.4 Å². The van der Waals surface area contributed by atoms with Crippen LogP contribution in [0.2, 0.25) is 0 Å². The van der Waals surface area contributed by atoms with Gasteiger partial charge < -0.3 is 23.5 Å². The van der Waals surface area contributed by atoms with Gasteiger partial charge in [0.1, 0.15) is 6.07 Å². The number of carbonyl (C=O) groups is 1. The van der Waals surface area contributed by atoms with E-state index in [9.17, 15) is 4.79 Å². The van der Waals surface area contributed by atoms with Crippen molar-refractivity contribution in [3.8, 4) is 12.1 Å². The highest BCUT2D eigenvalue weighted by molar-refractivity contribution is 5.83. The molecule has 5 nitrogen and oxygen atoms in total. The minimum Gasteiger partial charge on any atom is -1.00 e. The van der Waals surface area contributed by atoms with E-state index in [0.29, 0.717) is 0 Å². The van der Waals surface area contributed by atoms with Crippen molar-refractivity contribution in [2.45, 2.75) is 12.8 Å². The maximum atomic E-state index is 11.2. The number of nitrogens with one attached hydrogen (secondary N) is 1. The van der Waals surface area contributed by atoms with Gasteiger partial charge in [-0.15, -0.1) is 0 Å². The Labute approximate surface area is 87.6 Å². The number of carbonyl (C=O) groups excluding carboxylic acids is 1. The first kappa shape index (κ1) is 12.4. The lowest BCUT2D eigenvalue weighted by Gasteiger charge is -1.98. The van der Waals surface area contributed by atoms with Crippen LogP contribution in [0.1, 0.15) is 12.8 Å². The van der Waals surface area contributed by atoms with E-state index >= 15 is 0 Å². The zero-order chi connectivity index (χ0) is 9.84. The molecule has 0 heterocycles. The second kappa shape index (κ2) is 5.23. The van der Waals surface area contributed by atoms with Crippen molar-refractivity contribution in [1.82, 2.24) is 5.32 Å². The molecule has 0 aromatic heterocycles. The summed E-state index contributed by atoms with van der Waals surface area (Å²) in [6.07, 6.45) is 1.73. The molecule has 1 aliphatic rings. The van der Waals surface area contributed by atoms with Gasteiger partial charge in [-0.3, -0.25) is 4.79 Å². The molecule has 1 rings (SSSR count). The molecule has 6 heteroatoms. The van der Waals surface area contributed by atoms with Crippen molar-refractivity contribution in [3.63, 3.8) is 0 Å². The highest BCUT2D eigenvalue weighted by Gasteiger charge is 2.30. The van der Waals surface area contributed by atoms with Crippen molar-refractivity contribution in [1.29, 1.82) is 10.5 Å². The summed E-state index contributed by atoms with van der Waals surface area (Å²) in [4.78, 5) is 11.2. The second-order valence-corrected chi connectivity index (χ2v) is 2.84. The number of amides is 1. The number of rotatable bonds is 2. The molecule has 0 bridgehead atoms. The van der Waals surface area contributed by atoms with E-state index in [1.165, 1.54) is 0 Å². The zero-order valence-corrected chi connectivity index (χ0v) is 8.14. The van der Waals surface area contributed by atoms with Crippen LogP contribution in [0.4, 0.5) is 0 Å². The maximum Gasteiger partial charge on any atom is 0.240 e. The topological polar surface area (TPSA) is 104 Å². The van der Waals surface area contributed by atoms with Gasteiger partial charge in [-0.05, 0) is 12.8 Å². The van der Waals surface area contributed by atoms with Crippen LogP contribution in [-0.4, -0.2) is 5.91 Å². The molecule has 1 aliphatic carbocycles. The fraction of sp³-hybridized carbons (Fsp3) is 0.375. The number of hydrogen-bond donors (Lipinski definition) is 2. The van der Waals surface area contributed by atoms with Crippen LogP contribution in [0, 0.1) is 28.6 Å². The number of quaternary nitrogens is 1. The third-order valence-corrected chi connectivity index (χ3v) is 1.74. The lowest BCUT2D eigenvalue weighted by molar-refractivity contribution is -0.294. The number of nitriles is 2. The fourth-order valence-corrected chi connectivity index (χ4v) is 0.798. The standard InChI is InChI=1S/C8H8N4O.ClH/c9-3-6(11)7(4-10)12-8(13)5-1-2-5;/h5H,1-2,11H2,(H,12,13);1H/b7-6-;. The first-order valence-corrected chi connectivity index (χ1v) is 3.86. The summed E-state index contributed by atoms with van der Waals surface area (Å²) < 4.78 is 0. The third-order valence-electron chi connectivity index (χ3n) is 1.74. The quantitative estimate of drug-likeness (QED) is 0.456. The van der Waals surface area contributed by atoms with Gasteiger partial charge in [-0.1, -0.05) is 0 Å². The average molecular weight is 213 g/mol. The Morgan fingerprint density at radius 3 is 2.29 bits per heavy atom. The molecular weight excluding hydrogens is 204 g/mol. The van der Waals surface area contributed by atoms with Gasteiger partial charge in [0.15, 0.2) is 11.8 Å². The van der Waals surface area contributed by atoms with E-state index in [-0.39, 0.29) is 35.6 Å². The molecule has 1 saturated carbocycles. The predicted molar refractivity (Wildman–Crippen MR) is 42.0 cm³/mol. The van der Waals surface area contributed by atoms with Crippen molar-refractivity contribution in [2.24, 2.45) is 5.92 Å². The monoisotopic (exact) mass is 212 g/mol. The minimum atomic E-state index is -0.187. The van der Waals surface area contributed by atoms with Gasteiger partial charge in [0.05, 0.1) is 0 Å². The summed E-state index contributed by atoms with van der Waals surface area (Å²) in [5, 5.41) is 19.4. The zero-order valence-electron chi connectivity index (χ0n) is 7.38. The Morgan fingerprint density at radius 1 is 1.36 bits per heavy atom. The lowest BCUT2D eigenvalue weighted by Crippen LogP contribution is -3.00. The number of hydrogen-bond acceptors (Lipinski definition) is 3. The minimum absolute atomic E-state index is 0. The van der Waals surface area contributed by atoms with Gasteiger partial charge in [-0.25, -0.2) is 0 Å². The second-order valence-electron chi connectivity index (χ2n) is 2.84. The van der Waals surface area contributed by atoms with E-state index in [1.54, 1.807) is 12.1 Å². The van der Waals surface area contributed by atoms with Crippen molar-refractivity contribution in [2.75, 3.05) is 0 Å². The Morgan fingerprint density at radius 2 is 1.93 bits per heavy atom. The van der Waals surface area contributed by atoms with Crippen LogP contribution >= 0.6 is 0 Å². The Hall–Kier alpha value is -1.56. The highest BCUT2D eigenvalue weighted by atomic mass is 35.5. The molecule has 0 atom stereocenters. The van der Waals surface area contributed by atoms with Gasteiger partial charge in [0, 0.05) is 5.92 Å². The van der Waals surface area contributed by atoms with Gasteiger partial charge in [0.25, 0.3) is 0 Å².